The molecule has 0 N–H and O–H groups in total. The summed E-state index contributed by atoms with van der Waals surface area (Å²) in [5.74, 6) is 6.84. The van der Waals surface area contributed by atoms with Crippen LogP contribution in [0.1, 0.15) is 37.6 Å². The zero-order chi connectivity index (χ0) is 29.4. The lowest BCUT2D eigenvalue weighted by molar-refractivity contribution is -0.143. The molecule has 3 aromatic carbocycles. The highest BCUT2D eigenvalue weighted by molar-refractivity contribution is 7.12. The molecule has 0 spiro atoms. The van der Waals surface area contributed by atoms with Gasteiger partial charge in [0.2, 0.25) is 0 Å². The third-order valence-corrected chi connectivity index (χ3v) is 6.94. The molecule has 0 saturated heterocycles. The Morgan fingerprint density at radius 3 is 2.34 bits per heavy atom. The highest BCUT2D eigenvalue weighted by atomic mass is 32.1. The van der Waals surface area contributed by atoms with Crippen molar-refractivity contribution in [2.24, 2.45) is 0 Å². The van der Waals surface area contributed by atoms with Gasteiger partial charge in [0.05, 0.1) is 17.6 Å². The number of halogens is 3. The maximum atomic E-state index is 13.5. The van der Waals surface area contributed by atoms with Crippen LogP contribution < -0.4 is 9.47 Å². The summed E-state index contributed by atoms with van der Waals surface area (Å²) in [6, 6.07) is 21.7. The number of rotatable bonds is 8. The molecule has 0 aliphatic heterocycles. The van der Waals surface area contributed by atoms with Crippen LogP contribution in [0.5, 0.6) is 11.5 Å². The van der Waals surface area contributed by atoms with Crippen molar-refractivity contribution in [1.82, 2.24) is 0 Å². The Balaban J connectivity index is 1.57. The second-order valence-corrected chi connectivity index (χ2v) is 10.3. The molecule has 4 rings (SSSR count). The first-order chi connectivity index (χ1) is 19.6. The average Bonchev–Trinajstić information content (AvgIpc) is 3.38. The van der Waals surface area contributed by atoms with Crippen LogP contribution in [0.15, 0.2) is 84.9 Å². The minimum atomic E-state index is -4.47. The van der Waals surface area contributed by atoms with E-state index in [9.17, 15) is 18.0 Å². The number of hydrogen-bond donors (Lipinski definition) is 0. The summed E-state index contributed by atoms with van der Waals surface area (Å²) in [5, 5.41) is 0. The molecule has 0 fully saturated rings. The van der Waals surface area contributed by atoms with Crippen molar-refractivity contribution in [3.05, 3.63) is 123 Å². The Bertz CT molecular complexity index is 1610. The van der Waals surface area contributed by atoms with E-state index in [0.29, 0.717) is 22.6 Å². The van der Waals surface area contributed by atoms with E-state index in [0.717, 1.165) is 33.7 Å². The largest absolute Gasteiger partial charge is 0.489 e. The molecular weight excluding hydrogens is 549 g/mol. The second kappa shape index (κ2) is 13.2. The molecule has 1 aromatic heterocycles. The highest BCUT2D eigenvalue weighted by Gasteiger charge is 2.30. The fourth-order valence-electron chi connectivity index (χ4n) is 3.92. The minimum Gasteiger partial charge on any atom is -0.489 e. The van der Waals surface area contributed by atoms with Crippen molar-refractivity contribution in [2.45, 2.75) is 20.0 Å². The van der Waals surface area contributed by atoms with Gasteiger partial charge in [-0.2, -0.15) is 13.2 Å². The molecule has 4 aromatic rings. The maximum Gasteiger partial charge on any atom is 0.416 e. The standard InChI is InChI=1S/C33H27F3O4S/c1-22-19-28(13-16-31(22)40-21-32(37)38-3)39-18-17-30(26-5-4-6-27(20-26)33(34,35)36)25-11-8-24(9-12-25)10-15-29-14-7-23(2)41-29/h4-9,11-14,16-17,19-20H,18,21H2,1-3H3. The van der Waals surface area contributed by atoms with Crippen molar-refractivity contribution < 1.29 is 32.2 Å². The molecular formula is C33H27F3O4S. The fourth-order valence-corrected chi connectivity index (χ4v) is 4.65. The summed E-state index contributed by atoms with van der Waals surface area (Å²) >= 11 is 1.61. The predicted octanol–water partition coefficient (Wildman–Crippen LogP) is 7.85. The van der Waals surface area contributed by atoms with E-state index in [4.69, 9.17) is 9.47 Å². The number of thiophene rings is 1. The summed E-state index contributed by atoms with van der Waals surface area (Å²) in [7, 11) is 1.28. The zero-order valence-electron chi connectivity index (χ0n) is 22.7. The van der Waals surface area contributed by atoms with Crippen molar-refractivity contribution in [3.63, 3.8) is 0 Å². The Morgan fingerprint density at radius 2 is 1.68 bits per heavy atom. The molecule has 0 aliphatic rings. The third kappa shape index (κ3) is 8.26. The summed E-state index contributed by atoms with van der Waals surface area (Å²) in [5.41, 5.74) is 2.56. The molecule has 210 valence electrons. The van der Waals surface area contributed by atoms with Crippen LogP contribution in [0.2, 0.25) is 0 Å². The van der Waals surface area contributed by atoms with Crippen molar-refractivity contribution >= 4 is 22.9 Å². The number of carbonyl (C=O) groups is 1. The van der Waals surface area contributed by atoms with E-state index in [1.54, 1.807) is 41.7 Å². The number of hydrogen-bond acceptors (Lipinski definition) is 5. The lowest BCUT2D eigenvalue weighted by Crippen LogP contribution is -2.13. The summed E-state index contributed by atoms with van der Waals surface area (Å²) in [4.78, 5) is 13.5. The first kappa shape index (κ1) is 29.5. The Kier molecular flexibility index (Phi) is 9.53. The minimum absolute atomic E-state index is 0.104. The van der Waals surface area contributed by atoms with Gasteiger partial charge >= 0.3 is 12.1 Å². The first-order valence-electron chi connectivity index (χ1n) is 12.6. The molecule has 0 amide bonds. The van der Waals surface area contributed by atoms with Crippen LogP contribution in [-0.2, 0) is 15.7 Å². The van der Waals surface area contributed by atoms with Crippen LogP contribution in [0, 0.1) is 25.7 Å². The Hall–Kier alpha value is -4.48. The van der Waals surface area contributed by atoms with Crippen LogP contribution in [-0.4, -0.2) is 26.3 Å². The summed E-state index contributed by atoms with van der Waals surface area (Å²) < 4.78 is 56.4. The van der Waals surface area contributed by atoms with E-state index in [1.165, 1.54) is 18.1 Å². The third-order valence-electron chi connectivity index (χ3n) is 6.02. The monoisotopic (exact) mass is 576 g/mol. The van der Waals surface area contributed by atoms with Crippen molar-refractivity contribution in [3.8, 4) is 23.3 Å². The Labute approximate surface area is 241 Å². The average molecular weight is 577 g/mol. The number of ether oxygens (including phenoxy) is 3. The Morgan fingerprint density at radius 1 is 0.902 bits per heavy atom. The number of aryl methyl sites for hydroxylation is 2. The van der Waals surface area contributed by atoms with E-state index < -0.39 is 17.7 Å². The van der Waals surface area contributed by atoms with Crippen LogP contribution in [0.4, 0.5) is 13.2 Å². The van der Waals surface area contributed by atoms with Crippen LogP contribution in [0.3, 0.4) is 0 Å². The SMILES string of the molecule is COC(=O)COc1ccc(OCC=C(c2ccc(C#Cc3ccc(C)s3)cc2)c2cccc(C(F)(F)F)c2)cc1C. The molecule has 0 radical (unpaired) electrons. The van der Waals surface area contributed by atoms with Crippen LogP contribution >= 0.6 is 11.3 Å². The molecule has 8 heteroatoms. The first-order valence-corrected chi connectivity index (χ1v) is 13.4. The van der Waals surface area contributed by atoms with Gasteiger partial charge in [-0.15, -0.1) is 11.3 Å². The number of carbonyl (C=O) groups excluding carboxylic acids is 1. The van der Waals surface area contributed by atoms with Gasteiger partial charge in [0, 0.05) is 10.4 Å². The molecule has 0 bridgehead atoms. The quantitative estimate of drug-likeness (QED) is 0.158. The molecule has 0 atom stereocenters. The number of esters is 1. The van der Waals surface area contributed by atoms with E-state index in [2.05, 4.69) is 16.6 Å². The van der Waals surface area contributed by atoms with Gasteiger partial charge in [0.15, 0.2) is 6.61 Å². The summed E-state index contributed by atoms with van der Waals surface area (Å²) in [6.07, 6.45) is -2.71. The van der Waals surface area contributed by atoms with E-state index in [-0.39, 0.29) is 13.2 Å². The molecule has 1 heterocycles. The predicted molar refractivity (Wildman–Crippen MR) is 154 cm³/mol. The number of benzene rings is 3. The van der Waals surface area contributed by atoms with Gasteiger partial charge in [-0.25, -0.2) is 4.79 Å². The van der Waals surface area contributed by atoms with E-state index >= 15 is 0 Å². The molecule has 0 unspecified atom stereocenters. The van der Waals surface area contributed by atoms with Crippen molar-refractivity contribution in [2.75, 3.05) is 20.3 Å². The van der Waals surface area contributed by atoms with Gasteiger partial charge in [0.25, 0.3) is 0 Å². The molecule has 0 saturated carbocycles. The normalized spacial score (nSPS) is 11.4. The van der Waals surface area contributed by atoms with Gasteiger partial charge in [-0.1, -0.05) is 36.1 Å². The lowest BCUT2D eigenvalue weighted by Gasteiger charge is -2.14. The van der Waals surface area contributed by atoms with Gasteiger partial charge in [-0.3, -0.25) is 0 Å². The molecule has 0 aliphatic carbocycles. The van der Waals surface area contributed by atoms with Crippen LogP contribution in [0.25, 0.3) is 5.57 Å². The topological polar surface area (TPSA) is 44.8 Å². The fraction of sp³-hybridized carbons (Fsp3) is 0.182. The molecule has 41 heavy (non-hydrogen) atoms. The highest BCUT2D eigenvalue weighted by Crippen LogP contribution is 2.33. The van der Waals surface area contributed by atoms with Crippen molar-refractivity contribution in [1.29, 1.82) is 0 Å². The van der Waals surface area contributed by atoms with Gasteiger partial charge in [0.1, 0.15) is 18.1 Å². The number of methoxy groups -OCH3 is 1. The molecule has 4 nitrogen and oxygen atoms in total. The zero-order valence-corrected chi connectivity index (χ0v) is 23.5. The summed E-state index contributed by atoms with van der Waals surface area (Å²) in [6.45, 7) is 3.73. The van der Waals surface area contributed by atoms with E-state index in [1.807, 2.05) is 50.2 Å². The number of alkyl halides is 3. The maximum absolute atomic E-state index is 13.5. The second-order valence-electron chi connectivity index (χ2n) is 9.04. The lowest BCUT2D eigenvalue weighted by atomic mass is 9.95. The van der Waals surface area contributed by atoms with Gasteiger partial charge < -0.3 is 14.2 Å². The van der Waals surface area contributed by atoms with Gasteiger partial charge in [-0.05, 0) is 96.8 Å². The smallest absolute Gasteiger partial charge is 0.416 e.